The molecule has 0 bridgehead atoms. The van der Waals surface area contributed by atoms with Crippen LogP contribution in [0.4, 0.5) is 0 Å². The van der Waals surface area contributed by atoms with Crippen LogP contribution in [0.15, 0.2) is 6.20 Å². The quantitative estimate of drug-likeness (QED) is 0.800. The number of aromatic nitrogens is 2. The van der Waals surface area contributed by atoms with Crippen molar-refractivity contribution in [2.45, 2.75) is 38.5 Å². The Hall–Kier alpha value is -0.870. The predicted octanol–water partition coefficient (Wildman–Crippen LogP) is 2.06. The summed E-state index contributed by atoms with van der Waals surface area (Å²) in [5, 5.41) is 8.12. The minimum atomic E-state index is 0.132. The lowest BCUT2D eigenvalue weighted by atomic mass is 9.88. The lowest BCUT2D eigenvalue weighted by Gasteiger charge is -2.17. The lowest BCUT2D eigenvalue weighted by Crippen LogP contribution is -2.22. The van der Waals surface area contributed by atoms with E-state index in [1.807, 2.05) is 11.7 Å². The molecule has 1 N–H and O–H groups in total. The Labute approximate surface area is 116 Å². The summed E-state index contributed by atoms with van der Waals surface area (Å²) < 4.78 is 7.01. The topological polar surface area (TPSA) is 39.1 Å². The van der Waals surface area contributed by atoms with Crippen molar-refractivity contribution < 1.29 is 4.74 Å². The molecule has 0 radical (unpaired) electrons. The minimum Gasteiger partial charge on any atom is -0.383 e. The maximum Gasteiger partial charge on any atom is 0.0712 e. The Morgan fingerprint density at radius 1 is 1.47 bits per heavy atom. The maximum atomic E-state index is 5.05. The van der Waals surface area contributed by atoms with Gasteiger partial charge in [-0.25, -0.2) is 0 Å². The molecular weight excluding hydrogens is 238 g/mol. The van der Waals surface area contributed by atoms with E-state index >= 15 is 0 Å². The molecule has 2 rings (SSSR count). The van der Waals surface area contributed by atoms with Crippen molar-refractivity contribution in [3.05, 3.63) is 17.5 Å². The van der Waals surface area contributed by atoms with Crippen molar-refractivity contribution in [1.29, 1.82) is 0 Å². The largest absolute Gasteiger partial charge is 0.383 e. The van der Waals surface area contributed by atoms with Crippen molar-refractivity contribution in [3.8, 4) is 0 Å². The highest BCUT2D eigenvalue weighted by atomic mass is 16.5. The third-order valence-electron chi connectivity index (χ3n) is 3.78. The van der Waals surface area contributed by atoms with Gasteiger partial charge < -0.3 is 10.1 Å². The highest BCUT2D eigenvalue weighted by Crippen LogP contribution is 2.49. The van der Waals surface area contributed by atoms with Crippen LogP contribution in [-0.2, 0) is 17.2 Å². The first-order valence-electron chi connectivity index (χ1n) is 7.17. The van der Waals surface area contributed by atoms with Gasteiger partial charge in [0.2, 0.25) is 0 Å². The fourth-order valence-corrected chi connectivity index (χ4v) is 2.68. The molecule has 0 saturated heterocycles. The fourth-order valence-electron chi connectivity index (χ4n) is 2.68. The Balaban J connectivity index is 1.94. The van der Waals surface area contributed by atoms with Crippen molar-refractivity contribution in [1.82, 2.24) is 15.1 Å². The van der Waals surface area contributed by atoms with E-state index in [0.717, 1.165) is 25.6 Å². The van der Waals surface area contributed by atoms with Gasteiger partial charge in [-0.1, -0.05) is 20.8 Å². The van der Waals surface area contributed by atoms with Gasteiger partial charge in [0.05, 0.1) is 12.3 Å². The Bertz CT molecular complexity index is 420. The molecule has 1 aromatic heterocycles. The lowest BCUT2D eigenvalue weighted by molar-refractivity contribution is 0.199. The van der Waals surface area contributed by atoms with Crippen LogP contribution in [0.5, 0.6) is 0 Å². The van der Waals surface area contributed by atoms with Crippen LogP contribution >= 0.6 is 0 Å². The smallest absolute Gasteiger partial charge is 0.0712 e. The van der Waals surface area contributed by atoms with E-state index in [1.54, 1.807) is 7.11 Å². The summed E-state index contributed by atoms with van der Waals surface area (Å²) >= 11 is 0. The zero-order valence-electron chi connectivity index (χ0n) is 12.9. The number of nitrogens with one attached hydrogen (secondary N) is 1. The molecular formula is C15H27N3O. The summed E-state index contributed by atoms with van der Waals surface area (Å²) in [5.74, 6) is 1.46. The van der Waals surface area contributed by atoms with Crippen molar-refractivity contribution >= 4 is 0 Å². The van der Waals surface area contributed by atoms with Gasteiger partial charge in [-0.15, -0.1) is 0 Å². The van der Waals surface area contributed by atoms with Gasteiger partial charge in [-0.3, -0.25) is 4.68 Å². The molecule has 19 heavy (non-hydrogen) atoms. The van der Waals surface area contributed by atoms with Gasteiger partial charge in [0.25, 0.3) is 0 Å². The summed E-state index contributed by atoms with van der Waals surface area (Å²) in [7, 11) is 3.76. The molecule has 2 unspecified atom stereocenters. The molecule has 4 nitrogen and oxygen atoms in total. The van der Waals surface area contributed by atoms with Crippen LogP contribution in [0.3, 0.4) is 0 Å². The summed E-state index contributed by atoms with van der Waals surface area (Å²) in [5.41, 5.74) is 2.85. The van der Waals surface area contributed by atoms with Gasteiger partial charge in [0, 0.05) is 32.3 Å². The normalized spacial score (nSPS) is 22.8. The highest BCUT2D eigenvalue weighted by Gasteiger charge is 2.41. The average Bonchev–Trinajstić information content (AvgIpc) is 2.97. The van der Waals surface area contributed by atoms with Gasteiger partial charge in [-0.05, 0) is 30.4 Å². The molecule has 1 saturated carbocycles. The van der Waals surface area contributed by atoms with Crippen molar-refractivity contribution in [2.75, 3.05) is 26.8 Å². The van der Waals surface area contributed by atoms with E-state index in [0.29, 0.717) is 5.92 Å². The zero-order chi connectivity index (χ0) is 14.0. The van der Waals surface area contributed by atoms with Crippen LogP contribution in [0.1, 0.15) is 44.4 Å². The molecule has 1 aromatic rings. The summed E-state index contributed by atoms with van der Waals surface area (Å²) in [6, 6.07) is 0. The number of nitrogens with zero attached hydrogens (tertiary/aromatic N) is 2. The maximum absolute atomic E-state index is 5.05. The summed E-state index contributed by atoms with van der Waals surface area (Å²) in [4.78, 5) is 0. The van der Waals surface area contributed by atoms with E-state index in [1.165, 1.54) is 17.7 Å². The first kappa shape index (κ1) is 14.5. The van der Waals surface area contributed by atoms with Gasteiger partial charge in [0.1, 0.15) is 0 Å². The molecule has 1 aliphatic carbocycles. The monoisotopic (exact) mass is 265 g/mol. The average molecular weight is 265 g/mol. The molecule has 0 aromatic carbocycles. The Morgan fingerprint density at radius 3 is 2.84 bits per heavy atom. The standard InChI is InChI=1S/C15H27N3O/c1-15(2,3)14-13(10-18(4)17-14)12-8-11(12)9-16-6-7-19-5/h10-12,16H,6-9H2,1-5H3. The number of hydrogen-bond acceptors (Lipinski definition) is 3. The van der Waals surface area contributed by atoms with Crippen LogP contribution < -0.4 is 5.32 Å². The van der Waals surface area contributed by atoms with Crippen molar-refractivity contribution in [2.24, 2.45) is 13.0 Å². The molecule has 108 valence electrons. The van der Waals surface area contributed by atoms with Crippen molar-refractivity contribution in [3.63, 3.8) is 0 Å². The molecule has 2 atom stereocenters. The SMILES string of the molecule is COCCNCC1CC1c1cn(C)nc1C(C)(C)C. The third kappa shape index (κ3) is 3.57. The molecule has 1 aliphatic rings. The second-order valence-corrected chi connectivity index (χ2v) is 6.66. The van der Waals surface area contributed by atoms with Gasteiger partial charge >= 0.3 is 0 Å². The summed E-state index contributed by atoms with van der Waals surface area (Å²) in [6.07, 6.45) is 3.50. The Morgan fingerprint density at radius 2 is 2.21 bits per heavy atom. The number of aryl methyl sites for hydroxylation is 1. The van der Waals surface area contributed by atoms with E-state index < -0.39 is 0 Å². The molecule has 0 spiro atoms. The number of methoxy groups -OCH3 is 1. The van der Waals surface area contributed by atoms with E-state index in [9.17, 15) is 0 Å². The van der Waals surface area contributed by atoms with Crippen LogP contribution in [0.25, 0.3) is 0 Å². The van der Waals surface area contributed by atoms with E-state index in [4.69, 9.17) is 4.74 Å². The number of ether oxygens (including phenoxy) is 1. The number of rotatable bonds is 6. The fraction of sp³-hybridized carbons (Fsp3) is 0.800. The second kappa shape index (κ2) is 5.63. The minimum absolute atomic E-state index is 0.132. The van der Waals surface area contributed by atoms with Crippen LogP contribution in [-0.4, -0.2) is 36.6 Å². The molecule has 0 amide bonds. The zero-order valence-corrected chi connectivity index (χ0v) is 12.9. The highest BCUT2D eigenvalue weighted by molar-refractivity contribution is 5.32. The van der Waals surface area contributed by atoms with E-state index in [2.05, 4.69) is 37.4 Å². The first-order valence-corrected chi connectivity index (χ1v) is 7.17. The van der Waals surface area contributed by atoms with Gasteiger partial charge in [0.15, 0.2) is 0 Å². The van der Waals surface area contributed by atoms with Gasteiger partial charge in [-0.2, -0.15) is 5.10 Å². The molecule has 0 aliphatic heterocycles. The molecule has 1 heterocycles. The molecule has 4 heteroatoms. The second-order valence-electron chi connectivity index (χ2n) is 6.66. The van der Waals surface area contributed by atoms with Crippen LogP contribution in [0, 0.1) is 5.92 Å². The third-order valence-corrected chi connectivity index (χ3v) is 3.78. The number of hydrogen-bond donors (Lipinski definition) is 1. The van der Waals surface area contributed by atoms with E-state index in [-0.39, 0.29) is 5.41 Å². The summed E-state index contributed by atoms with van der Waals surface area (Å²) in [6.45, 7) is 9.55. The van der Waals surface area contributed by atoms with Crippen LogP contribution in [0.2, 0.25) is 0 Å². The predicted molar refractivity (Wildman–Crippen MR) is 77.5 cm³/mol. The molecule has 1 fully saturated rings. The Kier molecular flexibility index (Phi) is 4.31. The first-order chi connectivity index (χ1) is 8.93.